The summed E-state index contributed by atoms with van der Waals surface area (Å²) >= 11 is 0. The van der Waals surface area contributed by atoms with Crippen LogP contribution in [-0.4, -0.2) is 14.9 Å². The monoisotopic (exact) mass is 278 g/mol. The third-order valence-corrected chi connectivity index (χ3v) is 9.07. The Labute approximate surface area is 118 Å². The molecule has 3 heteroatoms. The van der Waals surface area contributed by atoms with Gasteiger partial charge in [-0.1, -0.05) is 32.4 Å². The number of rotatable bonds is 2. The molecule has 0 amide bonds. The van der Waals surface area contributed by atoms with E-state index in [1.807, 2.05) is 0 Å². The smallest absolute Gasteiger partial charge is 0.193 e. The van der Waals surface area contributed by atoms with Gasteiger partial charge in [0.2, 0.25) is 0 Å². The minimum Gasteiger partial charge on any atom is -0.490 e. The van der Waals surface area contributed by atoms with Crippen molar-refractivity contribution < 1.29 is 9.16 Å². The summed E-state index contributed by atoms with van der Waals surface area (Å²) in [6, 6.07) is 6.36. The van der Waals surface area contributed by atoms with Gasteiger partial charge < -0.3 is 9.16 Å². The highest BCUT2D eigenvalue weighted by molar-refractivity contribution is 6.74. The second-order valence-corrected chi connectivity index (χ2v) is 12.1. The van der Waals surface area contributed by atoms with Crippen LogP contribution in [0, 0.1) is 6.92 Å². The Kier molecular flexibility index (Phi) is 3.34. The van der Waals surface area contributed by atoms with Gasteiger partial charge in [0.25, 0.3) is 0 Å². The van der Waals surface area contributed by atoms with E-state index in [2.05, 4.69) is 65.9 Å². The van der Waals surface area contributed by atoms with Crippen LogP contribution in [0.4, 0.5) is 0 Å². The van der Waals surface area contributed by atoms with Crippen LogP contribution in [0.5, 0.6) is 5.75 Å². The lowest BCUT2D eigenvalue weighted by molar-refractivity contribution is 0.0465. The van der Waals surface area contributed by atoms with Gasteiger partial charge in [-0.05, 0) is 44.1 Å². The zero-order valence-electron chi connectivity index (χ0n) is 13.3. The summed E-state index contributed by atoms with van der Waals surface area (Å²) in [4.78, 5) is 0. The van der Waals surface area contributed by atoms with Crippen molar-refractivity contribution in [2.45, 2.75) is 58.4 Å². The van der Waals surface area contributed by atoms with Gasteiger partial charge in [-0.15, -0.1) is 0 Å². The van der Waals surface area contributed by atoms with Crippen molar-refractivity contribution in [1.29, 1.82) is 0 Å². The first-order valence-corrected chi connectivity index (χ1v) is 9.90. The van der Waals surface area contributed by atoms with E-state index in [1.54, 1.807) is 0 Å². The Balaban J connectivity index is 2.35. The van der Waals surface area contributed by atoms with Crippen LogP contribution in [0.3, 0.4) is 0 Å². The van der Waals surface area contributed by atoms with Crippen molar-refractivity contribution in [2.75, 3.05) is 6.61 Å². The largest absolute Gasteiger partial charge is 0.490 e. The number of hydrogen-bond donors (Lipinski definition) is 0. The van der Waals surface area contributed by atoms with Gasteiger partial charge in [0.05, 0.1) is 0 Å². The maximum Gasteiger partial charge on any atom is 0.193 e. The molecule has 1 heterocycles. The number of benzene rings is 1. The summed E-state index contributed by atoms with van der Waals surface area (Å²) in [5.74, 6) is 0.979. The van der Waals surface area contributed by atoms with Crippen LogP contribution < -0.4 is 4.74 Å². The molecule has 0 saturated carbocycles. The fraction of sp³-hybridized carbons (Fsp3) is 0.625. The predicted molar refractivity (Wildman–Crippen MR) is 82.3 cm³/mol. The van der Waals surface area contributed by atoms with Crippen LogP contribution in [0.15, 0.2) is 18.2 Å². The summed E-state index contributed by atoms with van der Waals surface area (Å²) in [7, 11) is -1.81. The molecule has 0 bridgehead atoms. The molecule has 19 heavy (non-hydrogen) atoms. The molecule has 0 fully saturated rings. The number of aryl methyl sites for hydroxylation is 1. The fourth-order valence-corrected chi connectivity index (χ4v) is 3.88. The van der Waals surface area contributed by atoms with E-state index < -0.39 is 8.32 Å². The molecular weight excluding hydrogens is 252 g/mol. The van der Waals surface area contributed by atoms with Crippen LogP contribution in [0.1, 0.15) is 38.8 Å². The quantitative estimate of drug-likeness (QED) is 0.735. The molecule has 1 aromatic rings. The summed E-state index contributed by atoms with van der Waals surface area (Å²) in [5, 5.41) is 0.211. The Morgan fingerprint density at radius 3 is 2.47 bits per heavy atom. The van der Waals surface area contributed by atoms with E-state index in [9.17, 15) is 0 Å². The number of hydrogen-bond acceptors (Lipinski definition) is 2. The third kappa shape index (κ3) is 2.58. The molecule has 0 N–H and O–H groups in total. The molecule has 0 unspecified atom stereocenters. The minimum atomic E-state index is -1.81. The van der Waals surface area contributed by atoms with E-state index >= 15 is 0 Å². The number of ether oxygens (including phenoxy) is 1. The molecule has 1 atom stereocenters. The summed E-state index contributed by atoms with van der Waals surface area (Å²) in [6.45, 7) is 16.3. The van der Waals surface area contributed by atoms with Gasteiger partial charge in [-0.3, -0.25) is 0 Å². The molecular formula is C16H26O2Si. The molecule has 2 rings (SSSR count). The summed E-state index contributed by atoms with van der Waals surface area (Å²) in [5.41, 5.74) is 2.16. The Bertz CT molecular complexity index is 488. The molecule has 2 nitrogen and oxygen atoms in total. The molecule has 0 aromatic heterocycles. The normalized spacial score (nSPS) is 23.1. The SMILES string of the molecule is Cc1ccc2c(c1)[C@@](C)(O[Si](C)(C)C(C)(C)C)CO2. The molecule has 0 aliphatic carbocycles. The van der Waals surface area contributed by atoms with Crippen molar-refractivity contribution in [3.05, 3.63) is 29.3 Å². The Hall–Kier alpha value is -0.803. The lowest BCUT2D eigenvalue weighted by atomic mass is 9.97. The highest BCUT2D eigenvalue weighted by Crippen LogP contribution is 2.46. The standard InChI is InChI=1S/C16H26O2Si/c1-12-8-9-14-13(10-12)16(5,11-17-14)18-19(6,7)15(2,3)4/h8-10H,11H2,1-7H3/t16-/m0/s1. The molecule has 1 aromatic carbocycles. The Morgan fingerprint density at radius 1 is 1.26 bits per heavy atom. The average molecular weight is 278 g/mol. The molecule has 0 saturated heterocycles. The van der Waals surface area contributed by atoms with Gasteiger partial charge in [0.1, 0.15) is 18.0 Å². The first-order valence-electron chi connectivity index (χ1n) is 6.99. The highest BCUT2D eigenvalue weighted by Gasteiger charge is 2.47. The lowest BCUT2D eigenvalue weighted by Crippen LogP contribution is -2.48. The molecule has 0 spiro atoms. The van der Waals surface area contributed by atoms with Gasteiger partial charge in [0, 0.05) is 5.56 Å². The second kappa shape index (κ2) is 4.35. The third-order valence-electron chi connectivity index (χ3n) is 4.49. The summed E-state index contributed by atoms with van der Waals surface area (Å²) in [6.07, 6.45) is 0. The van der Waals surface area contributed by atoms with Crippen molar-refractivity contribution in [2.24, 2.45) is 0 Å². The Morgan fingerprint density at radius 2 is 1.89 bits per heavy atom. The topological polar surface area (TPSA) is 18.5 Å². The van der Waals surface area contributed by atoms with E-state index in [0.29, 0.717) is 6.61 Å². The average Bonchev–Trinajstić information content (AvgIpc) is 2.54. The fourth-order valence-electron chi connectivity index (χ4n) is 2.28. The van der Waals surface area contributed by atoms with Crippen LogP contribution in [0.25, 0.3) is 0 Å². The molecule has 1 aliphatic heterocycles. The van der Waals surface area contributed by atoms with Crippen molar-refractivity contribution in [3.8, 4) is 5.75 Å². The van der Waals surface area contributed by atoms with E-state index in [4.69, 9.17) is 9.16 Å². The predicted octanol–water partition coefficient (Wildman–Crippen LogP) is 4.62. The maximum atomic E-state index is 6.65. The first kappa shape index (κ1) is 14.6. The molecule has 106 valence electrons. The van der Waals surface area contributed by atoms with E-state index in [1.165, 1.54) is 11.1 Å². The van der Waals surface area contributed by atoms with Gasteiger partial charge >= 0.3 is 0 Å². The van der Waals surface area contributed by atoms with Crippen LogP contribution in [0.2, 0.25) is 18.1 Å². The first-order chi connectivity index (χ1) is 8.55. The van der Waals surface area contributed by atoms with Gasteiger partial charge in [-0.25, -0.2) is 0 Å². The van der Waals surface area contributed by atoms with Gasteiger partial charge in [0.15, 0.2) is 8.32 Å². The number of fused-ring (bicyclic) bond motifs is 1. The lowest BCUT2D eigenvalue weighted by Gasteiger charge is -2.42. The van der Waals surface area contributed by atoms with Crippen molar-refractivity contribution in [3.63, 3.8) is 0 Å². The zero-order chi connectivity index (χ0) is 14.5. The van der Waals surface area contributed by atoms with Crippen LogP contribution >= 0.6 is 0 Å². The zero-order valence-corrected chi connectivity index (χ0v) is 14.3. The molecule has 0 radical (unpaired) electrons. The van der Waals surface area contributed by atoms with Gasteiger partial charge in [-0.2, -0.15) is 0 Å². The minimum absolute atomic E-state index is 0.211. The van der Waals surface area contributed by atoms with Crippen molar-refractivity contribution in [1.82, 2.24) is 0 Å². The second-order valence-electron chi connectivity index (χ2n) is 7.38. The van der Waals surface area contributed by atoms with Crippen LogP contribution in [-0.2, 0) is 10.0 Å². The summed E-state index contributed by atoms with van der Waals surface area (Å²) < 4.78 is 12.5. The maximum absolute atomic E-state index is 6.65. The molecule has 1 aliphatic rings. The van der Waals surface area contributed by atoms with E-state index in [-0.39, 0.29) is 10.6 Å². The van der Waals surface area contributed by atoms with Crippen molar-refractivity contribution >= 4 is 8.32 Å². The van der Waals surface area contributed by atoms with E-state index in [0.717, 1.165) is 5.75 Å². The highest BCUT2D eigenvalue weighted by atomic mass is 28.4.